The first-order valence-corrected chi connectivity index (χ1v) is 5.53. The van der Waals surface area contributed by atoms with Gasteiger partial charge in [-0.25, -0.2) is 4.98 Å². The lowest BCUT2D eigenvalue weighted by atomic mass is 10.2. The maximum atomic E-state index is 11.5. The number of hydrogen-bond acceptors (Lipinski definition) is 3. The largest absolute Gasteiger partial charge is 0.287 e. The Balaban J connectivity index is 2.44. The summed E-state index contributed by atoms with van der Waals surface area (Å²) in [4.78, 5) is 15.9. The van der Waals surface area contributed by atoms with Crippen LogP contribution in [0.2, 0.25) is 0 Å². The molecule has 2 rings (SSSR count). The molecule has 0 radical (unpaired) electrons. The second-order valence-electron chi connectivity index (χ2n) is 3.12. The molecule has 0 spiro atoms. The molecule has 0 bridgehead atoms. The van der Waals surface area contributed by atoms with Crippen molar-refractivity contribution in [3.63, 3.8) is 0 Å². The second kappa shape index (κ2) is 3.54. The van der Waals surface area contributed by atoms with Crippen LogP contribution in [0.4, 0.5) is 0 Å². The first kappa shape index (κ1) is 8.81. The molecule has 0 aromatic carbocycles. The van der Waals surface area contributed by atoms with E-state index in [0.29, 0.717) is 0 Å². The van der Waals surface area contributed by atoms with E-state index in [2.05, 4.69) is 11.9 Å². The Morgan fingerprint density at radius 2 is 2.54 bits per heavy atom. The average molecular weight is 196 g/mol. The average Bonchev–Trinajstić information content (AvgIpc) is 2.53. The summed E-state index contributed by atoms with van der Waals surface area (Å²) in [5.41, 5.74) is 1.05. The minimum Gasteiger partial charge on any atom is -0.287 e. The fourth-order valence-electron chi connectivity index (χ4n) is 1.46. The first-order valence-electron chi connectivity index (χ1n) is 4.55. The lowest BCUT2D eigenvalue weighted by Crippen LogP contribution is -2.20. The van der Waals surface area contributed by atoms with Crippen LogP contribution >= 0.6 is 11.8 Å². The zero-order valence-electron chi connectivity index (χ0n) is 7.62. The molecule has 2 heterocycles. The highest BCUT2D eigenvalue weighted by Gasteiger charge is 2.14. The molecule has 4 heteroatoms. The Hall–Kier alpha value is -0.770. The van der Waals surface area contributed by atoms with Gasteiger partial charge in [0.1, 0.15) is 0 Å². The Morgan fingerprint density at radius 1 is 1.69 bits per heavy atom. The van der Waals surface area contributed by atoms with Gasteiger partial charge in [-0.05, 0) is 6.42 Å². The molecule has 1 aromatic heterocycles. The third-order valence-electron chi connectivity index (χ3n) is 2.08. The molecular weight excluding hydrogens is 184 g/mol. The van der Waals surface area contributed by atoms with Crippen molar-refractivity contribution < 1.29 is 0 Å². The van der Waals surface area contributed by atoms with E-state index in [1.807, 2.05) is 0 Å². The third kappa shape index (κ3) is 1.63. The van der Waals surface area contributed by atoms with Crippen molar-refractivity contribution in [1.29, 1.82) is 0 Å². The zero-order chi connectivity index (χ0) is 9.26. The van der Waals surface area contributed by atoms with Crippen molar-refractivity contribution in [2.24, 2.45) is 0 Å². The highest BCUT2D eigenvalue weighted by atomic mass is 32.2. The lowest BCUT2D eigenvalue weighted by Gasteiger charge is -2.02. The van der Waals surface area contributed by atoms with Crippen molar-refractivity contribution in [2.45, 2.75) is 31.5 Å². The summed E-state index contributed by atoms with van der Waals surface area (Å²) >= 11 is 1.67. The zero-order valence-corrected chi connectivity index (χ0v) is 8.43. The van der Waals surface area contributed by atoms with Crippen molar-refractivity contribution in [3.05, 3.63) is 22.1 Å². The number of nitrogens with zero attached hydrogens (tertiary/aromatic N) is 2. The van der Waals surface area contributed by atoms with Crippen LogP contribution in [0.1, 0.15) is 19.0 Å². The number of rotatable bonds is 2. The van der Waals surface area contributed by atoms with E-state index in [9.17, 15) is 4.79 Å². The van der Waals surface area contributed by atoms with Gasteiger partial charge >= 0.3 is 0 Å². The molecule has 0 amide bonds. The third-order valence-corrected chi connectivity index (χ3v) is 3.04. The molecule has 0 saturated carbocycles. The SMILES string of the molecule is CCCc1cc(=O)n2c(n1)SCC2. The van der Waals surface area contributed by atoms with E-state index in [-0.39, 0.29) is 5.56 Å². The van der Waals surface area contributed by atoms with E-state index in [1.54, 1.807) is 22.4 Å². The topological polar surface area (TPSA) is 34.9 Å². The van der Waals surface area contributed by atoms with Gasteiger partial charge in [0.25, 0.3) is 5.56 Å². The van der Waals surface area contributed by atoms with Crippen LogP contribution in [-0.4, -0.2) is 15.3 Å². The second-order valence-corrected chi connectivity index (χ2v) is 4.18. The molecule has 1 aliphatic heterocycles. The van der Waals surface area contributed by atoms with Crippen LogP contribution in [-0.2, 0) is 13.0 Å². The maximum Gasteiger partial charge on any atom is 0.254 e. The summed E-state index contributed by atoms with van der Waals surface area (Å²) in [5.74, 6) is 0.984. The molecule has 1 aliphatic rings. The summed E-state index contributed by atoms with van der Waals surface area (Å²) < 4.78 is 1.75. The van der Waals surface area contributed by atoms with Crippen LogP contribution in [0.15, 0.2) is 16.0 Å². The summed E-state index contributed by atoms with van der Waals surface area (Å²) in [5, 5.41) is 0.899. The minimum atomic E-state index is 0.110. The maximum absolute atomic E-state index is 11.5. The number of fused-ring (bicyclic) bond motifs is 1. The summed E-state index contributed by atoms with van der Waals surface area (Å²) in [6.45, 7) is 2.91. The molecule has 70 valence electrons. The summed E-state index contributed by atoms with van der Waals surface area (Å²) in [6.07, 6.45) is 1.95. The van der Waals surface area contributed by atoms with Gasteiger partial charge in [0.05, 0.1) is 0 Å². The molecule has 0 fully saturated rings. The molecule has 0 atom stereocenters. The standard InChI is InChI=1S/C9H12N2OS/c1-2-3-7-6-8(12)11-4-5-13-9(11)10-7/h6H,2-5H2,1H3. The number of hydrogen-bond donors (Lipinski definition) is 0. The van der Waals surface area contributed by atoms with Gasteiger partial charge in [-0.1, -0.05) is 25.1 Å². The predicted molar refractivity (Wildman–Crippen MR) is 53.2 cm³/mol. The van der Waals surface area contributed by atoms with Crippen molar-refractivity contribution in [2.75, 3.05) is 5.75 Å². The van der Waals surface area contributed by atoms with E-state index >= 15 is 0 Å². The smallest absolute Gasteiger partial charge is 0.254 e. The van der Waals surface area contributed by atoms with E-state index in [1.165, 1.54) is 0 Å². The highest BCUT2D eigenvalue weighted by Crippen LogP contribution is 2.20. The molecular formula is C9H12N2OS. The highest BCUT2D eigenvalue weighted by molar-refractivity contribution is 7.99. The molecule has 0 aliphatic carbocycles. The van der Waals surface area contributed by atoms with Crippen LogP contribution in [0.25, 0.3) is 0 Å². The monoisotopic (exact) mass is 196 g/mol. The number of aromatic nitrogens is 2. The fourth-order valence-corrected chi connectivity index (χ4v) is 2.43. The van der Waals surface area contributed by atoms with Gasteiger partial charge in [-0.2, -0.15) is 0 Å². The van der Waals surface area contributed by atoms with Gasteiger partial charge in [0.2, 0.25) is 0 Å². The Morgan fingerprint density at radius 3 is 3.31 bits per heavy atom. The van der Waals surface area contributed by atoms with Gasteiger partial charge in [0, 0.05) is 24.1 Å². The quantitative estimate of drug-likeness (QED) is 0.669. The van der Waals surface area contributed by atoms with Crippen molar-refractivity contribution in [1.82, 2.24) is 9.55 Å². The molecule has 0 saturated heterocycles. The van der Waals surface area contributed by atoms with E-state index in [0.717, 1.165) is 36.0 Å². The summed E-state index contributed by atoms with van der Waals surface area (Å²) in [7, 11) is 0. The van der Waals surface area contributed by atoms with E-state index < -0.39 is 0 Å². The van der Waals surface area contributed by atoms with Crippen LogP contribution < -0.4 is 5.56 Å². The molecule has 1 aromatic rings. The number of thioether (sulfide) groups is 1. The van der Waals surface area contributed by atoms with E-state index in [4.69, 9.17) is 0 Å². The Bertz CT molecular complexity index is 372. The number of aryl methyl sites for hydroxylation is 1. The lowest BCUT2D eigenvalue weighted by molar-refractivity contribution is 0.640. The molecule has 13 heavy (non-hydrogen) atoms. The molecule has 3 nitrogen and oxygen atoms in total. The fraction of sp³-hybridized carbons (Fsp3) is 0.556. The van der Waals surface area contributed by atoms with Gasteiger partial charge in [0.15, 0.2) is 5.16 Å². The van der Waals surface area contributed by atoms with Crippen LogP contribution in [0.3, 0.4) is 0 Å². The van der Waals surface area contributed by atoms with Crippen LogP contribution in [0.5, 0.6) is 0 Å². The predicted octanol–water partition coefficient (Wildman–Crippen LogP) is 1.30. The summed E-state index contributed by atoms with van der Waals surface area (Å²) in [6, 6.07) is 1.67. The van der Waals surface area contributed by atoms with Gasteiger partial charge in [-0.3, -0.25) is 9.36 Å². The minimum absolute atomic E-state index is 0.110. The molecule has 0 N–H and O–H groups in total. The molecule has 0 unspecified atom stereocenters. The van der Waals surface area contributed by atoms with Crippen LogP contribution in [0, 0.1) is 0 Å². The van der Waals surface area contributed by atoms with Crippen molar-refractivity contribution in [3.8, 4) is 0 Å². The Labute approximate surface area is 81.2 Å². The Kier molecular flexibility index (Phi) is 2.40. The van der Waals surface area contributed by atoms with Gasteiger partial charge < -0.3 is 0 Å². The first-order chi connectivity index (χ1) is 6.31. The van der Waals surface area contributed by atoms with Crippen molar-refractivity contribution >= 4 is 11.8 Å². The normalized spacial score (nSPS) is 14.5. The van der Waals surface area contributed by atoms with Gasteiger partial charge in [-0.15, -0.1) is 0 Å².